The molecule has 0 radical (unpaired) electrons. The molecule has 7 heteroatoms. The molecule has 0 aliphatic rings. The fourth-order valence-corrected chi connectivity index (χ4v) is 2.51. The van der Waals surface area contributed by atoms with Gasteiger partial charge in [-0.15, -0.1) is 0 Å². The lowest BCUT2D eigenvalue weighted by Crippen LogP contribution is -2.10. The lowest BCUT2D eigenvalue weighted by Gasteiger charge is -2.14. The third kappa shape index (κ3) is 5.35. The van der Waals surface area contributed by atoms with Crippen molar-refractivity contribution in [2.24, 2.45) is 0 Å². The van der Waals surface area contributed by atoms with Gasteiger partial charge in [0.25, 0.3) is 0 Å². The van der Waals surface area contributed by atoms with Crippen molar-refractivity contribution >= 4 is 5.97 Å². The summed E-state index contributed by atoms with van der Waals surface area (Å²) < 4.78 is 29.1. The van der Waals surface area contributed by atoms with E-state index in [1.54, 1.807) is 20.3 Å². The van der Waals surface area contributed by atoms with E-state index in [1.807, 2.05) is 12.1 Å². The molecule has 0 aliphatic heterocycles. The minimum atomic E-state index is -1.16. The molecular formula is C19H21FO6. The minimum Gasteiger partial charge on any atom is -0.493 e. The zero-order valence-corrected chi connectivity index (χ0v) is 14.6. The van der Waals surface area contributed by atoms with E-state index in [1.165, 1.54) is 12.1 Å². The summed E-state index contributed by atoms with van der Waals surface area (Å²) in [6, 6.07) is 9.17. The van der Waals surface area contributed by atoms with E-state index < -0.39 is 24.5 Å². The lowest BCUT2D eigenvalue weighted by atomic mass is 10.0. The Morgan fingerprint density at radius 3 is 2.50 bits per heavy atom. The quantitative estimate of drug-likeness (QED) is 0.712. The molecule has 2 rings (SSSR count). The van der Waals surface area contributed by atoms with E-state index in [0.717, 1.165) is 11.6 Å². The van der Waals surface area contributed by atoms with Crippen LogP contribution in [0.5, 0.6) is 17.2 Å². The number of halogens is 1. The fraction of sp³-hybridized carbons (Fsp3) is 0.316. The Hall–Kier alpha value is -2.80. The number of aliphatic carboxylic acids is 1. The normalized spacial score (nSPS) is 11.7. The summed E-state index contributed by atoms with van der Waals surface area (Å²) in [7, 11) is 3.09. The predicted octanol–water partition coefficient (Wildman–Crippen LogP) is 2.97. The van der Waals surface area contributed by atoms with Crippen LogP contribution in [0.3, 0.4) is 0 Å². The molecule has 0 bridgehead atoms. The molecule has 2 aromatic carbocycles. The van der Waals surface area contributed by atoms with E-state index in [0.29, 0.717) is 29.9 Å². The van der Waals surface area contributed by atoms with E-state index >= 15 is 0 Å². The van der Waals surface area contributed by atoms with Crippen LogP contribution in [0.1, 0.15) is 23.7 Å². The second-order valence-electron chi connectivity index (χ2n) is 5.65. The Morgan fingerprint density at radius 2 is 1.85 bits per heavy atom. The Balaban J connectivity index is 2.05. The van der Waals surface area contributed by atoms with Gasteiger partial charge in [-0.05, 0) is 48.2 Å². The summed E-state index contributed by atoms with van der Waals surface area (Å²) in [5.41, 5.74) is 1.26. The minimum absolute atomic E-state index is 0.0626. The number of hydrogen-bond acceptors (Lipinski definition) is 5. The monoisotopic (exact) mass is 364 g/mol. The lowest BCUT2D eigenvalue weighted by molar-refractivity contribution is -0.139. The Labute approximate surface area is 150 Å². The SMILES string of the molecule is COc1ccc(CC[C@@H](O)c2cc(F)cc(OCC(=O)O)c2)cc1OC. The average molecular weight is 364 g/mol. The highest BCUT2D eigenvalue weighted by atomic mass is 19.1. The van der Waals surface area contributed by atoms with Crippen molar-refractivity contribution < 1.29 is 33.6 Å². The molecule has 6 nitrogen and oxygen atoms in total. The first-order valence-electron chi connectivity index (χ1n) is 7.97. The van der Waals surface area contributed by atoms with Gasteiger partial charge in [0.05, 0.1) is 20.3 Å². The van der Waals surface area contributed by atoms with Gasteiger partial charge < -0.3 is 24.4 Å². The van der Waals surface area contributed by atoms with E-state index in [9.17, 15) is 14.3 Å². The van der Waals surface area contributed by atoms with Crippen LogP contribution in [0.25, 0.3) is 0 Å². The third-order valence-corrected chi connectivity index (χ3v) is 3.80. The smallest absolute Gasteiger partial charge is 0.341 e. The highest BCUT2D eigenvalue weighted by Crippen LogP contribution is 2.30. The van der Waals surface area contributed by atoms with Crippen LogP contribution >= 0.6 is 0 Å². The Morgan fingerprint density at radius 1 is 1.12 bits per heavy atom. The number of aliphatic hydroxyl groups is 1. The maximum Gasteiger partial charge on any atom is 0.341 e. The summed E-state index contributed by atoms with van der Waals surface area (Å²) in [6.07, 6.45) is -0.0494. The first kappa shape index (κ1) is 19.5. The van der Waals surface area contributed by atoms with E-state index in [-0.39, 0.29) is 5.75 Å². The zero-order chi connectivity index (χ0) is 19.1. The van der Waals surface area contributed by atoms with E-state index in [2.05, 4.69) is 0 Å². The molecule has 0 aliphatic carbocycles. The predicted molar refractivity (Wildman–Crippen MR) is 92.4 cm³/mol. The van der Waals surface area contributed by atoms with Crippen molar-refractivity contribution in [1.29, 1.82) is 0 Å². The Kier molecular flexibility index (Phi) is 6.80. The molecule has 2 aromatic rings. The van der Waals surface area contributed by atoms with Gasteiger partial charge in [-0.3, -0.25) is 0 Å². The number of hydrogen-bond donors (Lipinski definition) is 2. The van der Waals surface area contributed by atoms with Crippen molar-refractivity contribution in [2.75, 3.05) is 20.8 Å². The van der Waals surface area contributed by atoms with Crippen LogP contribution in [0, 0.1) is 5.82 Å². The van der Waals surface area contributed by atoms with Gasteiger partial charge in [0.2, 0.25) is 0 Å². The second kappa shape index (κ2) is 9.05. The summed E-state index contributed by atoms with van der Waals surface area (Å²) in [4.78, 5) is 10.5. The number of carboxylic acids is 1. The second-order valence-corrected chi connectivity index (χ2v) is 5.65. The number of benzene rings is 2. The average Bonchev–Trinajstić information content (AvgIpc) is 2.63. The van der Waals surface area contributed by atoms with Gasteiger partial charge in [0.15, 0.2) is 18.1 Å². The van der Waals surface area contributed by atoms with Gasteiger partial charge in [-0.2, -0.15) is 0 Å². The van der Waals surface area contributed by atoms with Crippen LogP contribution in [0.15, 0.2) is 36.4 Å². The molecule has 0 spiro atoms. The van der Waals surface area contributed by atoms with Gasteiger partial charge in [-0.25, -0.2) is 9.18 Å². The molecule has 0 amide bonds. The van der Waals surface area contributed by atoms with Crippen molar-refractivity contribution in [3.05, 3.63) is 53.3 Å². The van der Waals surface area contributed by atoms with Gasteiger partial charge in [0.1, 0.15) is 11.6 Å². The number of carbonyl (C=O) groups is 1. The number of carboxylic acid groups (broad SMARTS) is 1. The highest BCUT2D eigenvalue weighted by molar-refractivity contribution is 5.68. The molecule has 0 saturated carbocycles. The number of ether oxygens (including phenoxy) is 3. The summed E-state index contributed by atoms with van der Waals surface area (Å²) in [6.45, 7) is -0.579. The van der Waals surface area contributed by atoms with Crippen molar-refractivity contribution in [2.45, 2.75) is 18.9 Å². The molecular weight excluding hydrogens is 343 g/mol. The first-order chi connectivity index (χ1) is 12.4. The summed E-state index contributed by atoms with van der Waals surface area (Å²) in [5.74, 6) is -0.498. The van der Waals surface area contributed by atoms with Crippen LogP contribution in [-0.4, -0.2) is 37.0 Å². The molecule has 0 fully saturated rings. The maximum atomic E-state index is 13.7. The van der Waals surface area contributed by atoms with Gasteiger partial charge >= 0.3 is 5.97 Å². The van der Waals surface area contributed by atoms with Crippen LogP contribution in [0.4, 0.5) is 4.39 Å². The van der Waals surface area contributed by atoms with Gasteiger partial charge in [0, 0.05) is 6.07 Å². The molecule has 0 saturated heterocycles. The van der Waals surface area contributed by atoms with Crippen molar-refractivity contribution in [3.63, 3.8) is 0 Å². The molecule has 0 aromatic heterocycles. The fourth-order valence-electron chi connectivity index (χ4n) is 2.51. The third-order valence-electron chi connectivity index (χ3n) is 3.80. The molecule has 0 heterocycles. The topological polar surface area (TPSA) is 85.2 Å². The van der Waals surface area contributed by atoms with Gasteiger partial charge in [-0.1, -0.05) is 6.07 Å². The standard InChI is InChI=1S/C19H21FO6/c1-24-17-6-4-12(7-18(17)25-2)3-5-16(21)13-8-14(20)10-15(9-13)26-11-19(22)23/h4,6-10,16,21H,3,5,11H2,1-2H3,(H,22,23)/t16-/m1/s1. The largest absolute Gasteiger partial charge is 0.493 e. The summed E-state index contributed by atoms with van der Waals surface area (Å²) in [5, 5.41) is 19.0. The molecule has 2 N–H and O–H groups in total. The van der Waals surface area contributed by atoms with E-state index in [4.69, 9.17) is 19.3 Å². The van der Waals surface area contributed by atoms with Crippen molar-refractivity contribution in [1.82, 2.24) is 0 Å². The molecule has 26 heavy (non-hydrogen) atoms. The molecule has 140 valence electrons. The molecule has 0 unspecified atom stereocenters. The van der Waals surface area contributed by atoms with Crippen LogP contribution in [0.2, 0.25) is 0 Å². The number of aryl methyl sites for hydroxylation is 1. The van der Waals surface area contributed by atoms with Crippen LogP contribution in [-0.2, 0) is 11.2 Å². The Bertz CT molecular complexity index is 762. The number of aliphatic hydroxyl groups excluding tert-OH is 1. The molecule has 1 atom stereocenters. The van der Waals surface area contributed by atoms with Crippen LogP contribution < -0.4 is 14.2 Å². The highest BCUT2D eigenvalue weighted by Gasteiger charge is 2.13. The van der Waals surface area contributed by atoms with Crippen molar-refractivity contribution in [3.8, 4) is 17.2 Å². The summed E-state index contributed by atoms with van der Waals surface area (Å²) >= 11 is 0. The first-order valence-corrected chi connectivity index (χ1v) is 7.97. The maximum absolute atomic E-state index is 13.7. The number of rotatable bonds is 9. The zero-order valence-electron chi connectivity index (χ0n) is 14.6. The number of methoxy groups -OCH3 is 2.